The van der Waals surface area contributed by atoms with Crippen LogP contribution in [0.1, 0.15) is 24.8 Å². The molecule has 1 aromatic carbocycles. The number of nitrogens with zero attached hydrogens (tertiary/aromatic N) is 1. The Balaban J connectivity index is 2.01. The predicted octanol–water partition coefficient (Wildman–Crippen LogP) is 1.25. The highest BCUT2D eigenvalue weighted by atomic mass is 16.5. The molecule has 1 aliphatic rings. The number of hydrogen-bond donors (Lipinski definition) is 3. The van der Waals surface area contributed by atoms with E-state index in [1.165, 1.54) is 0 Å². The Morgan fingerprint density at radius 2 is 2.08 bits per heavy atom. The minimum absolute atomic E-state index is 0.0120. The van der Waals surface area contributed by atoms with E-state index in [2.05, 4.69) is 5.32 Å². The number of urea groups is 1. The van der Waals surface area contributed by atoms with Crippen molar-refractivity contribution in [3.63, 3.8) is 0 Å². The number of carbonyl (C=O) groups is 2. The Bertz CT molecular complexity index is 566. The molecule has 0 bridgehead atoms. The van der Waals surface area contributed by atoms with E-state index in [-0.39, 0.29) is 37.2 Å². The third-order valence-corrected chi connectivity index (χ3v) is 4.54. The third kappa shape index (κ3) is 5.72. The first kappa shape index (κ1) is 19.2. The van der Waals surface area contributed by atoms with Crippen LogP contribution in [0.5, 0.6) is 0 Å². The summed E-state index contributed by atoms with van der Waals surface area (Å²) in [6.45, 7) is 0.302. The number of aliphatic hydroxyl groups excluding tert-OH is 1. The molecule has 2 amide bonds. The van der Waals surface area contributed by atoms with Gasteiger partial charge in [-0.15, -0.1) is 0 Å². The van der Waals surface area contributed by atoms with Crippen molar-refractivity contribution in [3.05, 3.63) is 35.9 Å². The molecule has 2 rings (SSSR count). The third-order valence-electron chi connectivity index (χ3n) is 4.54. The standard InChI is InChI=1S/C18H26N2O5/c1-25-16-10-15(12-21)20(11-16)18(24)19-14(7-8-17(22)23)9-13-5-3-2-4-6-13/h2-6,14-16,21H,7-12H2,1H3,(H,19,24)(H,22,23)/t14?,15-,16+/m0/s1. The highest BCUT2D eigenvalue weighted by Crippen LogP contribution is 2.20. The van der Waals surface area contributed by atoms with Crippen LogP contribution in [0.3, 0.4) is 0 Å². The highest BCUT2D eigenvalue weighted by Gasteiger charge is 2.35. The van der Waals surface area contributed by atoms with Crippen molar-refractivity contribution in [2.75, 3.05) is 20.3 Å². The second kappa shape index (κ2) is 9.39. The number of ether oxygens (including phenoxy) is 1. The van der Waals surface area contributed by atoms with Gasteiger partial charge in [0.05, 0.1) is 18.8 Å². The molecule has 0 aliphatic carbocycles. The van der Waals surface area contributed by atoms with Crippen molar-refractivity contribution < 1.29 is 24.5 Å². The van der Waals surface area contributed by atoms with E-state index in [1.807, 2.05) is 30.3 Å². The van der Waals surface area contributed by atoms with Crippen LogP contribution in [0.15, 0.2) is 30.3 Å². The van der Waals surface area contributed by atoms with Crippen LogP contribution in [0, 0.1) is 0 Å². The highest BCUT2D eigenvalue weighted by molar-refractivity contribution is 5.75. The van der Waals surface area contributed by atoms with Crippen LogP contribution < -0.4 is 5.32 Å². The largest absolute Gasteiger partial charge is 0.481 e. The number of aliphatic carboxylic acids is 1. The predicted molar refractivity (Wildman–Crippen MR) is 92.3 cm³/mol. The fraction of sp³-hybridized carbons (Fsp3) is 0.556. The molecule has 0 radical (unpaired) electrons. The molecular formula is C18H26N2O5. The van der Waals surface area contributed by atoms with E-state index < -0.39 is 5.97 Å². The number of aliphatic hydroxyl groups is 1. The maximum absolute atomic E-state index is 12.6. The Hall–Kier alpha value is -2.12. The van der Waals surface area contributed by atoms with Gasteiger partial charge in [0.15, 0.2) is 0 Å². The zero-order valence-electron chi connectivity index (χ0n) is 14.4. The van der Waals surface area contributed by atoms with Crippen LogP contribution in [-0.4, -0.2) is 65.6 Å². The zero-order chi connectivity index (χ0) is 18.2. The summed E-state index contributed by atoms with van der Waals surface area (Å²) in [5, 5.41) is 21.4. The molecule has 138 valence electrons. The van der Waals surface area contributed by atoms with E-state index in [1.54, 1.807) is 12.0 Å². The summed E-state index contributed by atoms with van der Waals surface area (Å²) >= 11 is 0. The topological polar surface area (TPSA) is 99.1 Å². The summed E-state index contributed by atoms with van der Waals surface area (Å²) in [6.07, 6.45) is 1.40. The first-order chi connectivity index (χ1) is 12.0. The molecular weight excluding hydrogens is 324 g/mol. The summed E-state index contributed by atoms with van der Waals surface area (Å²) < 4.78 is 5.29. The number of carbonyl (C=O) groups excluding carboxylic acids is 1. The van der Waals surface area contributed by atoms with Gasteiger partial charge in [-0.1, -0.05) is 30.3 Å². The number of rotatable bonds is 8. The van der Waals surface area contributed by atoms with Crippen LogP contribution >= 0.6 is 0 Å². The molecule has 1 aliphatic heterocycles. The van der Waals surface area contributed by atoms with E-state index in [9.17, 15) is 14.7 Å². The van der Waals surface area contributed by atoms with E-state index >= 15 is 0 Å². The Labute approximate surface area is 147 Å². The first-order valence-electron chi connectivity index (χ1n) is 8.50. The summed E-state index contributed by atoms with van der Waals surface area (Å²) in [6, 6.07) is 8.79. The van der Waals surface area contributed by atoms with Crippen LogP contribution in [-0.2, 0) is 16.0 Å². The second-order valence-corrected chi connectivity index (χ2v) is 6.35. The lowest BCUT2D eigenvalue weighted by atomic mass is 10.0. The van der Waals surface area contributed by atoms with E-state index in [4.69, 9.17) is 9.84 Å². The molecule has 0 spiro atoms. The molecule has 1 heterocycles. The number of hydrogen-bond acceptors (Lipinski definition) is 4. The number of benzene rings is 1. The van der Waals surface area contributed by atoms with E-state index in [0.29, 0.717) is 25.8 Å². The van der Waals surface area contributed by atoms with Gasteiger partial charge in [0.1, 0.15) is 0 Å². The molecule has 1 saturated heterocycles. The lowest BCUT2D eigenvalue weighted by Crippen LogP contribution is -2.48. The maximum Gasteiger partial charge on any atom is 0.318 e. The van der Waals surface area contributed by atoms with Crippen molar-refractivity contribution >= 4 is 12.0 Å². The number of carboxylic acids is 1. The average Bonchev–Trinajstić information content (AvgIpc) is 3.04. The van der Waals surface area contributed by atoms with Gasteiger partial charge in [0.25, 0.3) is 0 Å². The fourth-order valence-corrected chi connectivity index (χ4v) is 3.15. The molecule has 1 fully saturated rings. The van der Waals surface area contributed by atoms with E-state index in [0.717, 1.165) is 5.56 Å². The van der Waals surface area contributed by atoms with Crippen molar-refractivity contribution in [1.29, 1.82) is 0 Å². The molecule has 7 nitrogen and oxygen atoms in total. The Morgan fingerprint density at radius 3 is 2.68 bits per heavy atom. The number of methoxy groups -OCH3 is 1. The molecule has 1 unspecified atom stereocenters. The lowest BCUT2D eigenvalue weighted by Gasteiger charge is -2.27. The van der Waals surface area contributed by atoms with Gasteiger partial charge in [-0.2, -0.15) is 0 Å². The SMILES string of the molecule is CO[C@@H]1C[C@@H](CO)N(C(=O)NC(CCC(=O)O)Cc2ccccc2)C1. The second-order valence-electron chi connectivity index (χ2n) is 6.35. The number of carboxylic acid groups (broad SMARTS) is 1. The van der Waals surface area contributed by atoms with Crippen molar-refractivity contribution in [1.82, 2.24) is 10.2 Å². The Morgan fingerprint density at radius 1 is 1.36 bits per heavy atom. The van der Waals surface area contributed by atoms with Crippen LogP contribution in [0.25, 0.3) is 0 Å². The van der Waals surface area contributed by atoms with Gasteiger partial charge in [-0.05, 0) is 24.8 Å². The van der Waals surface area contributed by atoms with Gasteiger partial charge in [-0.25, -0.2) is 4.79 Å². The Kier molecular flexibility index (Phi) is 7.21. The zero-order valence-corrected chi connectivity index (χ0v) is 14.4. The first-order valence-corrected chi connectivity index (χ1v) is 8.50. The van der Waals surface area contributed by atoms with Gasteiger partial charge in [-0.3, -0.25) is 4.79 Å². The van der Waals surface area contributed by atoms with Gasteiger partial charge in [0.2, 0.25) is 0 Å². The molecule has 0 aromatic heterocycles. The minimum atomic E-state index is -0.888. The van der Waals surface area contributed by atoms with Gasteiger partial charge >= 0.3 is 12.0 Å². The number of likely N-dealkylation sites (tertiary alicyclic amines) is 1. The molecule has 25 heavy (non-hydrogen) atoms. The summed E-state index contributed by atoms with van der Waals surface area (Å²) in [4.78, 5) is 25.1. The van der Waals surface area contributed by atoms with Crippen LogP contribution in [0.4, 0.5) is 4.79 Å². The summed E-state index contributed by atoms with van der Waals surface area (Å²) in [7, 11) is 1.59. The fourth-order valence-electron chi connectivity index (χ4n) is 3.15. The van der Waals surface area contributed by atoms with Gasteiger partial charge < -0.3 is 25.2 Å². The lowest BCUT2D eigenvalue weighted by molar-refractivity contribution is -0.137. The number of nitrogens with one attached hydrogen (secondary N) is 1. The molecule has 0 saturated carbocycles. The smallest absolute Gasteiger partial charge is 0.318 e. The number of amides is 2. The normalized spacial score (nSPS) is 21.1. The quantitative estimate of drug-likeness (QED) is 0.655. The van der Waals surface area contributed by atoms with Crippen molar-refractivity contribution in [3.8, 4) is 0 Å². The molecule has 1 aromatic rings. The molecule has 3 atom stereocenters. The van der Waals surface area contributed by atoms with Crippen molar-refractivity contribution in [2.45, 2.75) is 43.9 Å². The maximum atomic E-state index is 12.6. The average molecular weight is 350 g/mol. The summed E-state index contributed by atoms with van der Waals surface area (Å²) in [5.41, 5.74) is 1.04. The van der Waals surface area contributed by atoms with Crippen molar-refractivity contribution in [2.24, 2.45) is 0 Å². The minimum Gasteiger partial charge on any atom is -0.481 e. The summed E-state index contributed by atoms with van der Waals surface area (Å²) in [5.74, 6) is -0.888. The van der Waals surface area contributed by atoms with Gasteiger partial charge in [0, 0.05) is 26.1 Å². The molecule has 7 heteroatoms. The van der Waals surface area contributed by atoms with Crippen LogP contribution in [0.2, 0.25) is 0 Å². The molecule has 3 N–H and O–H groups in total. The monoisotopic (exact) mass is 350 g/mol.